The van der Waals surface area contributed by atoms with Gasteiger partial charge in [0, 0.05) is 24.7 Å². The molecule has 1 N–H and O–H groups in total. The van der Waals surface area contributed by atoms with Crippen LogP contribution in [-0.2, 0) is 0 Å². The minimum absolute atomic E-state index is 0.561. The third-order valence-electron chi connectivity index (χ3n) is 4.18. The Hall–Kier alpha value is -1.32. The van der Waals surface area contributed by atoms with Crippen LogP contribution in [0.4, 0.5) is 11.6 Å². The molecule has 0 aliphatic carbocycles. The fraction of sp³-hybridized carbons (Fsp3) is 0.750. The smallest absolute Gasteiger partial charge is 0.137 e. The van der Waals surface area contributed by atoms with Gasteiger partial charge < -0.3 is 10.2 Å². The monoisotopic (exact) mass is 276 g/mol. The van der Waals surface area contributed by atoms with E-state index in [1.807, 2.05) is 6.92 Å². The van der Waals surface area contributed by atoms with Gasteiger partial charge in [0.05, 0.1) is 0 Å². The summed E-state index contributed by atoms with van der Waals surface area (Å²) in [7, 11) is 0. The second-order valence-electron chi connectivity index (χ2n) is 6.17. The van der Waals surface area contributed by atoms with Crippen LogP contribution in [0.3, 0.4) is 0 Å². The summed E-state index contributed by atoms with van der Waals surface area (Å²) in [5.41, 5.74) is 1.19. The molecule has 4 heteroatoms. The summed E-state index contributed by atoms with van der Waals surface area (Å²) in [6, 6.07) is 0.561. The fourth-order valence-corrected chi connectivity index (χ4v) is 3.03. The van der Waals surface area contributed by atoms with Crippen molar-refractivity contribution in [3.63, 3.8) is 0 Å². The Kier molecular flexibility index (Phi) is 4.84. The van der Waals surface area contributed by atoms with E-state index in [-0.39, 0.29) is 0 Å². The van der Waals surface area contributed by atoms with Crippen LogP contribution in [0.5, 0.6) is 0 Å². The van der Waals surface area contributed by atoms with Gasteiger partial charge in [0.2, 0.25) is 0 Å². The Morgan fingerprint density at radius 2 is 2.00 bits per heavy atom. The van der Waals surface area contributed by atoms with E-state index in [2.05, 4.69) is 42.9 Å². The van der Waals surface area contributed by atoms with Crippen molar-refractivity contribution >= 4 is 11.6 Å². The lowest BCUT2D eigenvalue weighted by Gasteiger charge is -2.38. The Bertz CT molecular complexity index is 458. The zero-order valence-corrected chi connectivity index (χ0v) is 13.5. The average molecular weight is 276 g/mol. The summed E-state index contributed by atoms with van der Waals surface area (Å²) < 4.78 is 0. The van der Waals surface area contributed by atoms with E-state index in [1.54, 1.807) is 0 Å². The van der Waals surface area contributed by atoms with Gasteiger partial charge in [-0.3, -0.25) is 0 Å². The summed E-state index contributed by atoms with van der Waals surface area (Å²) in [4.78, 5) is 11.7. The maximum Gasteiger partial charge on any atom is 0.137 e. The van der Waals surface area contributed by atoms with Gasteiger partial charge in [0.15, 0.2) is 0 Å². The third kappa shape index (κ3) is 3.22. The van der Waals surface area contributed by atoms with Crippen LogP contribution in [0.25, 0.3) is 0 Å². The molecule has 0 bridgehead atoms. The van der Waals surface area contributed by atoms with Crippen LogP contribution in [0, 0.1) is 19.8 Å². The third-order valence-corrected chi connectivity index (χ3v) is 4.18. The second-order valence-corrected chi connectivity index (χ2v) is 6.17. The first kappa shape index (κ1) is 15.1. The first-order valence-electron chi connectivity index (χ1n) is 7.88. The minimum atomic E-state index is 0.561. The molecule has 4 nitrogen and oxygen atoms in total. The van der Waals surface area contributed by atoms with Gasteiger partial charge in [0.25, 0.3) is 0 Å². The highest BCUT2D eigenvalue weighted by molar-refractivity contribution is 5.59. The van der Waals surface area contributed by atoms with Crippen molar-refractivity contribution in [2.75, 3.05) is 23.3 Å². The van der Waals surface area contributed by atoms with E-state index in [1.165, 1.54) is 18.4 Å². The summed E-state index contributed by atoms with van der Waals surface area (Å²) in [5.74, 6) is 3.80. The van der Waals surface area contributed by atoms with E-state index >= 15 is 0 Å². The van der Waals surface area contributed by atoms with Crippen molar-refractivity contribution in [1.82, 2.24) is 9.97 Å². The van der Waals surface area contributed by atoms with Gasteiger partial charge in [-0.25, -0.2) is 9.97 Å². The van der Waals surface area contributed by atoms with E-state index in [0.29, 0.717) is 6.04 Å². The first-order chi connectivity index (χ1) is 9.52. The van der Waals surface area contributed by atoms with Crippen LogP contribution in [0.15, 0.2) is 0 Å². The normalized spacial score (nSPS) is 22.9. The highest BCUT2D eigenvalue weighted by atomic mass is 15.2. The number of hydrogen-bond acceptors (Lipinski definition) is 4. The predicted octanol–water partition coefficient (Wildman–Crippen LogP) is 3.54. The van der Waals surface area contributed by atoms with Crippen molar-refractivity contribution in [3.8, 4) is 0 Å². The maximum absolute atomic E-state index is 4.72. The molecule has 2 heterocycles. The molecule has 20 heavy (non-hydrogen) atoms. The fourth-order valence-electron chi connectivity index (χ4n) is 3.03. The van der Waals surface area contributed by atoms with Gasteiger partial charge in [0.1, 0.15) is 17.5 Å². The van der Waals surface area contributed by atoms with Crippen molar-refractivity contribution < 1.29 is 0 Å². The SMILES string of the molecule is CCCNc1nc(C)nc(N2CCC(C)CC2C)c1C. The van der Waals surface area contributed by atoms with E-state index in [9.17, 15) is 0 Å². The Labute approximate surface area is 123 Å². The minimum Gasteiger partial charge on any atom is -0.370 e. The lowest BCUT2D eigenvalue weighted by Crippen LogP contribution is -2.41. The highest BCUT2D eigenvalue weighted by Crippen LogP contribution is 2.30. The summed E-state index contributed by atoms with van der Waals surface area (Å²) in [6.45, 7) is 13.0. The van der Waals surface area contributed by atoms with Crippen LogP contribution in [0.2, 0.25) is 0 Å². The van der Waals surface area contributed by atoms with Crippen LogP contribution in [0.1, 0.15) is 51.4 Å². The second kappa shape index (κ2) is 6.42. The molecule has 1 aromatic rings. The summed E-state index contributed by atoms with van der Waals surface area (Å²) in [6.07, 6.45) is 3.61. The number of aromatic nitrogens is 2. The van der Waals surface area contributed by atoms with Gasteiger partial charge >= 0.3 is 0 Å². The van der Waals surface area contributed by atoms with Crippen molar-refractivity contribution in [1.29, 1.82) is 0 Å². The Morgan fingerprint density at radius 1 is 1.25 bits per heavy atom. The van der Waals surface area contributed by atoms with Crippen LogP contribution >= 0.6 is 0 Å². The molecule has 1 aromatic heterocycles. The topological polar surface area (TPSA) is 41.1 Å². The first-order valence-corrected chi connectivity index (χ1v) is 7.88. The van der Waals surface area contributed by atoms with E-state index in [4.69, 9.17) is 4.98 Å². The van der Waals surface area contributed by atoms with E-state index in [0.717, 1.165) is 42.9 Å². The quantitative estimate of drug-likeness (QED) is 0.913. The summed E-state index contributed by atoms with van der Waals surface area (Å²) >= 11 is 0. The number of aryl methyl sites for hydroxylation is 1. The molecule has 2 atom stereocenters. The number of rotatable bonds is 4. The number of anilines is 2. The number of piperidine rings is 1. The number of hydrogen-bond donors (Lipinski definition) is 1. The van der Waals surface area contributed by atoms with Gasteiger partial charge in [-0.05, 0) is 46.0 Å². The van der Waals surface area contributed by atoms with Gasteiger partial charge in [-0.1, -0.05) is 13.8 Å². The molecule has 1 fully saturated rings. The molecule has 0 amide bonds. The highest BCUT2D eigenvalue weighted by Gasteiger charge is 2.26. The van der Waals surface area contributed by atoms with Gasteiger partial charge in [-0.2, -0.15) is 0 Å². The van der Waals surface area contributed by atoms with Gasteiger partial charge in [-0.15, -0.1) is 0 Å². The molecular formula is C16H28N4. The molecule has 1 aliphatic heterocycles. The average Bonchev–Trinajstić information content (AvgIpc) is 2.40. The lowest BCUT2D eigenvalue weighted by molar-refractivity contribution is 0.375. The van der Waals surface area contributed by atoms with Crippen molar-refractivity contribution in [3.05, 3.63) is 11.4 Å². The lowest BCUT2D eigenvalue weighted by atomic mass is 9.93. The molecule has 112 valence electrons. The largest absolute Gasteiger partial charge is 0.370 e. The maximum atomic E-state index is 4.72. The van der Waals surface area contributed by atoms with Crippen LogP contribution < -0.4 is 10.2 Å². The molecule has 0 aromatic carbocycles. The molecule has 1 aliphatic rings. The predicted molar refractivity (Wildman–Crippen MR) is 85.5 cm³/mol. The number of nitrogens with one attached hydrogen (secondary N) is 1. The molecule has 1 saturated heterocycles. The van der Waals surface area contributed by atoms with E-state index < -0.39 is 0 Å². The molecule has 2 rings (SSSR count). The van der Waals surface area contributed by atoms with Crippen molar-refractivity contribution in [2.24, 2.45) is 5.92 Å². The molecular weight excluding hydrogens is 248 g/mol. The Balaban J connectivity index is 2.28. The van der Waals surface area contributed by atoms with Crippen LogP contribution in [-0.4, -0.2) is 29.1 Å². The number of nitrogens with zero attached hydrogens (tertiary/aromatic N) is 3. The molecule has 2 unspecified atom stereocenters. The Morgan fingerprint density at radius 3 is 2.65 bits per heavy atom. The molecule has 0 saturated carbocycles. The zero-order chi connectivity index (χ0) is 14.7. The zero-order valence-electron chi connectivity index (χ0n) is 13.5. The van der Waals surface area contributed by atoms with Crippen molar-refractivity contribution in [2.45, 2.75) is 59.9 Å². The standard InChI is InChI=1S/C16H28N4/c1-6-8-17-15-13(4)16(19-14(5)18-15)20-9-7-11(2)10-12(20)3/h11-12H,6-10H2,1-5H3,(H,17,18,19). The molecule has 0 radical (unpaired) electrons. The molecule has 0 spiro atoms. The summed E-state index contributed by atoms with van der Waals surface area (Å²) in [5, 5.41) is 3.43.